The molecule has 0 bridgehead atoms. The summed E-state index contributed by atoms with van der Waals surface area (Å²) in [4.78, 5) is 17.5. The highest BCUT2D eigenvalue weighted by molar-refractivity contribution is 7.89. The van der Waals surface area contributed by atoms with Gasteiger partial charge in [-0.25, -0.2) is 17.8 Å². The molecular formula is C20H17FN4O3S2. The second kappa shape index (κ2) is 8.71. The van der Waals surface area contributed by atoms with Crippen LogP contribution in [0.3, 0.4) is 0 Å². The highest BCUT2D eigenvalue weighted by Crippen LogP contribution is 2.30. The monoisotopic (exact) mass is 444 g/mol. The number of anilines is 1. The average molecular weight is 445 g/mol. The van der Waals surface area contributed by atoms with Crippen molar-refractivity contribution in [3.05, 3.63) is 64.8 Å². The number of nitrogens with one attached hydrogen (secondary N) is 1. The Morgan fingerprint density at radius 3 is 2.43 bits per heavy atom. The van der Waals surface area contributed by atoms with Crippen molar-refractivity contribution in [3.8, 4) is 17.3 Å². The van der Waals surface area contributed by atoms with Gasteiger partial charge in [0.05, 0.1) is 28.8 Å². The molecule has 0 radical (unpaired) electrons. The molecule has 1 aromatic heterocycles. The minimum absolute atomic E-state index is 0.0134. The predicted molar refractivity (Wildman–Crippen MR) is 112 cm³/mol. The number of benzene rings is 2. The Morgan fingerprint density at radius 1 is 1.20 bits per heavy atom. The standard InChI is InChI=1S/C20H17FN4O3S2/c1-13-19(15-5-7-16(21)8-6-15)24-20(29-13)23-18(26)12-25(2)30(27,28)17-9-3-14(11-22)4-10-17/h3-10H,12H2,1-2H3,(H,23,24,26). The maximum atomic E-state index is 13.1. The minimum atomic E-state index is -3.89. The molecule has 0 aliphatic rings. The second-order valence-corrected chi connectivity index (χ2v) is 9.62. The molecule has 0 unspecified atom stereocenters. The number of nitriles is 1. The van der Waals surface area contributed by atoms with Crippen molar-refractivity contribution in [2.24, 2.45) is 0 Å². The van der Waals surface area contributed by atoms with Crippen molar-refractivity contribution in [3.63, 3.8) is 0 Å². The average Bonchev–Trinajstić information content (AvgIpc) is 3.08. The number of aromatic nitrogens is 1. The molecule has 10 heteroatoms. The van der Waals surface area contributed by atoms with Crippen LogP contribution in [0.4, 0.5) is 9.52 Å². The van der Waals surface area contributed by atoms with Gasteiger partial charge in [0.1, 0.15) is 5.82 Å². The first-order valence-corrected chi connectivity index (χ1v) is 11.0. The quantitative estimate of drug-likeness (QED) is 0.628. The summed E-state index contributed by atoms with van der Waals surface area (Å²) in [6.07, 6.45) is 0. The molecule has 1 heterocycles. The molecule has 3 aromatic rings. The summed E-state index contributed by atoms with van der Waals surface area (Å²) in [7, 11) is -2.59. The van der Waals surface area contributed by atoms with E-state index in [2.05, 4.69) is 10.3 Å². The molecule has 0 saturated carbocycles. The van der Waals surface area contributed by atoms with Crippen molar-refractivity contribution in [2.45, 2.75) is 11.8 Å². The van der Waals surface area contributed by atoms with Crippen molar-refractivity contribution < 1.29 is 17.6 Å². The van der Waals surface area contributed by atoms with Crippen LogP contribution in [-0.4, -0.2) is 37.2 Å². The first-order chi connectivity index (χ1) is 14.2. The van der Waals surface area contributed by atoms with E-state index < -0.39 is 22.5 Å². The molecule has 0 saturated heterocycles. The number of carbonyl (C=O) groups excluding carboxylic acids is 1. The van der Waals surface area contributed by atoms with Gasteiger partial charge in [-0.1, -0.05) is 0 Å². The number of hydrogen-bond acceptors (Lipinski definition) is 6. The second-order valence-electron chi connectivity index (χ2n) is 6.38. The summed E-state index contributed by atoms with van der Waals surface area (Å²) in [5, 5.41) is 11.7. The summed E-state index contributed by atoms with van der Waals surface area (Å²) in [6.45, 7) is 1.42. The summed E-state index contributed by atoms with van der Waals surface area (Å²) in [5.74, 6) is -0.902. The van der Waals surface area contributed by atoms with E-state index in [-0.39, 0.29) is 10.7 Å². The molecule has 7 nitrogen and oxygen atoms in total. The SMILES string of the molecule is Cc1sc(NC(=O)CN(C)S(=O)(=O)c2ccc(C#N)cc2)nc1-c1ccc(F)cc1. The zero-order chi connectivity index (χ0) is 21.9. The van der Waals surface area contributed by atoms with E-state index in [1.54, 1.807) is 12.1 Å². The number of amides is 1. The topological polar surface area (TPSA) is 103 Å². The third-order valence-corrected chi connectivity index (χ3v) is 6.92. The Bertz CT molecular complexity index is 1210. The molecule has 154 valence electrons. The van der Waals surface area contributed by atoms with E-state index >= 15 is 0 Å². The summed E-state index contributed by atoms with van der Waals surface area (Å²) >= 11 is 1.24. The minimum Gasteiger partial charge on any atom is -0.301 e. The van der Waals surface area contributed by atoms with Crippen molar-refractivity contribution in [1.29, 1.82) is 5.26 Å². The maximum absolute atomic E-state index is 13.1. The lowest BCUT2D eigenvalue weighted by atomic mass is 10.1. The molecule has 2 aromatic carbocycles. The highest BCUT2D eigenvalue weighted by Gasteiger charge is 2.23. The molecular weight excluding hydrogens is 427 g/mol. The maximum Gasteiger partial charge on any atom is 0.243 e. The molecule has 1 amide bonds. The van der Waals surface area contributed by atoms with Crippen LogP contribution >= 0.6 is 11.3 Å². The lowest BCUT2D eigenvalue weighted by Gasteiger charge is -2.16. The lowest BCUT2D eigenvalue weighted by Crippen LogP contribution is -2.34. The number of likely N-dealkylation sites (N-methyl/N-ethyl adjacent to an activating group) is 1. The van der Waals surface area contributed by atoms with Gasteiger partial charge >= 0.3 is 0 Å². The number of carbonyl (C=O) groups is 1. The number of sulfonamides is 1. The fraction of sp³-hybridized carbons (Fsp3) is 0.150. The molecule has 0 spiro atoms. The zero-order valence-electron chi connectivity index (χ0n) is 16.1. The number of thiazole rings is 1. The van der Waals surface area contributed by atoms with Crippen LogP contribution in [0, 0.1) is 24.1 Å². The Morgan fingerprint density at radius 2 is 1.83 bits per heavy atom. The Labute approximate surface area is 177 Å². The van der Waals surface area contributed by atoms with Gasteiger partial charge in [-0.05, 0) is 55.5 Å². The van der Waals surface area contributed by atoms with Gasteiger partial charge in [-0.15, -0.1) is 11.3 Å². The molecule has 1 N–H and O–H groups in total. The smallest absolute Gasteiger partial charge is 0.243 e. The normalized spacial score (nSPS) is 11.3. The largest absolute Gasteiger partial charge is 0.301 e. The summed E-state index contributed by atoms with van der Waals surface area (Å²) in [5.41, 5.74) is 1.67. The predicted octanol–water partition coefficient (Wildman–Crippen LogP) is 3.39. The van der Waals surface area contributed by atoms with Gasteiger partial charge in [0, 0.05) is 17.5 Å². The van der Waals surface area contributed by atoms with Gasteiger partial charge < -0.3 is 5.32 Å². The van der Waals surface area contributed by atoms with Crippen LogP contribution < -0.4 is 5.32 Å². The Hall–Kier alpha value is -3.13. The number of hydrogen-bond donors (Lipinski definition) is 1. The molecule has 3 rings (SSSR count). The zero-order valence-corrected chi connectivity index (χ0v) is 17.7. The number of aryl methyl sites for hydroxylation is 1. The molecule has 0 aliphatic heterocycles. The highest BCUT2D eigenvalue weighted by atomic mass is 32.2. The number of rotatable bonds is 6. The van der Waals surface area contributed by atoms with Gasteiger partial charge in [-0.2, -0.15) is 9.57 Å². The first-order valence-electron chi connectivity index (χ1n) is 8.70. The fourth-order valence-electron chi connectivity index (χ4n) is 2.65. The van der Waals surface area contributed by atoms with Crippen LogP contribution in [0.15, 0.2) is 53.4 Å². The van der Waals surface area contributed by atoms with Crippen LogP contribution in [0.1, 0.15) is 10.4 Å². The van der Waals surface area contributed by atoms with Gasteiger partial charge in [0.2, 0.25) is 15.9 Å². The molecule has 0 aliphatic carbocycles. The number of halogens is 1. The van der Waals surface area contributed by atoms with Crippen LogP contribution in [-0.2, 0) is 14.8 Å². The van der Waals surface area contributed by atoms with Crippen molar-refractivity contribution >= 4 is 32.4 Å². The summed E-state index contributed by atoms with van der Waals surface area (Å²) in [6, 6.07) is 13.2. The van der Waals surface area contributed by atoms with E-state index in [4.69, 9.17) is 5.26 Å². The molecule has 30 heavy (non-hydrogen) atoms. The van der Waals surface area contributed by atoms with Crippen LogP contribution in [0.2, 0.25) is 0 Å². The van der Waals surface area contributed by atoms with Crippen molar-refractivity contribution in [1.82, 2.24) is 9.29 Å². The van der Waals surface area contributed by atoms with E-state index in [1.165, 1.54) is 54.8 Å². The third-order valence-electron chi connectivity index (χ3n) is 4.22. The van der Waals surface area contributed by atoms with Crippen LogP contribution in [0.5, 0.6) is 0 Å². The van der Waals surface area contributed by atoms with E-state index in [0.717, 1.165) is 9.18 Å². The van der Waals surface area contributed by atoms with Crippen molar-refractivity contribution in [2.75, 3.05) is 18.9 Å². The van der Waals surface area contributed by atoms with Gasteiger partial charge in [0.25, 0.3) is 0 Å². The van der Waals surface area contributed by atoms with E-state index in [1.807, 2.05) is 13.0 Å². The van der Waals surface area contributed by atoms with Gasteiger partial charge in [0.15, 0.2) is 5.13 Å². The molecule has 0 atom stereocenters. The summed E-state index contributed by atoms with van der Waals surface area (Å²) < 4.78 is 39.3. The first kappa shape index (κ1) is 21.6. The lowest BCUT2D eigenvalue weighted by molar-refractivity contribution is -0.116. The van der Waals surface area contributed by atoms with E-state index in [9.17, 15) is 17.6 Å². The van der Waals surface area contributed by atoms with Gasteiger partial charge in [-0.3, -0.25) is 4.79 Å². The fourth-order valence-corrected chi connectivity index (χ4v) is 4.63. The van der Waals surface area contributed by atoms with E-state index in [0.29, 0.717) is 22.0 Å². The Balaban J connectivity index is 1.70. The number of nitrogens with zero attached hydrogens (tertiary/aromatic N) is 3. The third kappa shape index (κ3) is 4.71. The molecule has 0 fully saturated rings. The van der Waals surface area contributed by atoms with Crippen LogP contribution in [0.25, 0.3) is 11.3 Å². The Kier molecular flexibility index (Phi) is 6.26.